The summed E-state index contributed by atoms with van der Waals surface area (Å²) in [5.41, 5.74) is -3.39. The van der Waals surface area contributed by atoms with Gasteiger partial charge in [-0.2, -0.15) is 0 Å². The monoisotopic (exact) mass is 283 g/mol. The van der Waals surface area contributed by atoms with Crippen LogP contribution in [0.15, 0.2) is 12.2 Å². The standard InChI is InChI=1S/C12H17N3O5/c1-2-3-6-13-8-11(14(17)18)5-4-10(16)12(7-11,9-13)15(19)20/h4-5H,2-3,6-9H2,1H3. The van der Waals surface area contributed by atoms with Gasteiger partial charge < -0.3 is 0 Å². The van der Waals surface area contributed by atoms with Crippen LogP contribution >= 0.6 is 0 Å². The first-order chi connectivity index (χ1) is 9.36. The summed E-state index contributed by atoms with van der Waals surface area (Å²) in [6, 6.07) is 0. The van der Waals surface area contributed by atoms with Crippen molar-refractivity contribution in [2.75, 3.05) is 19.6 Å². The molecule has 0 N–H and O–H groups in total. The molecule has 1 saturated heterocycles. The predicted octanol–water partition coefficient (Wildman–Crippen LogP) is 0.662. The third-order valence-electron chi connectivity index (χ3n) is 4.13. The van der Waals surface area contributed by atoms with Gasteiger partial charge in [-0.05, 0) is 25.1 Å². The molecule has 8 nitrogen and oxygen atoms in total. The predicted molar refractivity (Wildman–Crippen MR) is 69.6 cm³/mol. The quantitative estimate of drug-likeness (QED) is 0.542. The molecule has 110 valence electrons. The number of carbonyl (C=O) groups is 1. The zero-order valence-electron chi connectivity index (χ0n) is 11.3. The van der Waals surface area contributed by atoms with Gasteiger partial charge in [0.05, 0.1) is 13.1 Å². The molecular formula is C12H17N3O5. The summed E-state index contributed by atoms with van der Waals surface area (Å²) in [5.74, 6) is -0.638. The highest BCUT2D eigenvalue weighted by atomic mass is 16.6. The Morgan fingerprint density at radius 2 is 2.00 bits per heavy atom. The molecule has 1 fully saturated rings. The molecule has 20 heavy (non-hydrogen) atoms. The minimum absolute atomic E-state index is 0.0429. The van der Waals surface area contributed by atoms with Crippen molar-refractivity contribution < 1.29 is 14.6 Å². The molecule has 1 aliphatic carbocycles. The number of nitro groups is 2. The normalized spacial score (nSPS) is 33.1. The number of rotatable bonds is 5. The number of nitrogens with zero attached hydrogens (tertiary/aromatic N) is 3. The first-order valence-electron chi connectivity index (χ1n) is 6.61. The highest BCUT2D eigenvalue weighted by Gasteiger charge is 2.66. The van der Waals surface area contributed by atoms with E-state index in [1.807, 2.05) is 6.92 Å². The van der Waals surface area contributed by atoms with Crippen molar-refractivity contribution in [3.05, 3.63) is 32.4 Å². The largest absolute Gasteiger partial charge is 0.302 e. The van der Waals surface area contributed by atoms with Gasteiger partial charge in [0.1, 0.15) is 6.42 Å². The zero-order chi connectivity index (χ0) is 15.0. The molecular weight excluding hydrogens is 266 g/mol. The van der Waals surface area contributed by atoms with Crippen molar-refractivity contribution in [2.45, 2.75) is 37.3 Å². The number of carbonyl (C=O) groups excluding carboxylic acids is 1. The average molecular weight is 283 g/mol. The lowest BCUT2D eigenvalue weighted by Crippen LogP contribution is -2.69. The van der Waals surface area contributed by atoms with Gasteiger partial charge in [-0.25, -0.2) is 0 Å². The van der Waals surface area contributed by atoms with E-state index in [-0.39, 0.29) is 19.5 Å². The van der Waals surface area contributed by atoms with Gasteiger partial charge >= 0.3 is 5.54 Å². The van der Waals surface area contributed by atoms with Crippen LogP contribution in [-0.4, -0.2) is 51.2 Å². The van der Waals surface area contributed by atoms with Crippen LogP contribution in [0.4, 0.5) is 0 Å². The zero-order valence-corrected chi connectivity index (χ0v) is 11.3. The molecule has 2 aliphatic rings. The average Bonchev–Trinajstić information content (AvgIpc) is 2.40. The van der Waals surface area contributed by atoms with Crippen molar-refractivity contribution in [3.63, 3.8) is 0 Å². The number of unbranched alkanes of at least 4 members (excludes halogenated alkanes) is 1. The molecule has 0 spiro atoms. The summed E-state index contributed by atoms with van der Waals surface area (Å²) in [6.07, 6.45) is 3.58. The molecule has 1 heterocycles. The molecule has 0 saturated carbocycles. The maximum atomic E-state index is 12.0. The Morgan fingerprint density at radius 1 is 1.30 bits per heavy atom. The SMILES string of the molecule is CCCCN1CC2([N+](=O)[O-])C=CC(=O)C([N+](=O)[O-])(C1)C2. The fourth-order valence-corrected chi connectivity index (χ4v) is 3.03. The molecule has 8 heteroatoms. The lowest BCUT2D eigenvalue weighted by atomic mass is 9.71. The van der Waals surface area contributed by atoms with E-state index in [9.17, 15) is 25.0 Å². The van der Waals surface area contributed by atoms with E-state index in [1.54, 1.807) is 4.90 Å². The Morgan fingerprint density at radius 3 is 2.55 bits per heavy atom. The van der Waals surface area contributed by atoms with Gasteiger partial charge in [0.15, 0.2) is 0 Å². The molecule has 0 aromatic heterocycles. The Labute approximate surface area is 115 Å². The summed E-state index contributed by atoms with van der Waals surface area (Å²) >= 11 is 0. The molecule has 0 aromatic carbocycles. The maximum absolute atomic E-state index is 12.0. The lowest BCUT2D eigenvalue weighted by Gasteiger charge is -2.42. The summed E-state index contributed by atoms with van der Waals surface area (Å²) in [4.78, 5) is 35.3. The van der Waals surface area contributed by atoms with Crippen molar-refractivity contribution in [2.24, 2.45) is 0 Å². The first-order valence-corrected chi connectivity index (χ1v) is 6.61. The van der Waals surface area contributed by atoms with E-state index in [1.165, 1.54) is 6.08 Å². The summed E-state index contributed by atoms with van der Waals surface area (Å²) in [5, 5.41) is 22.8. The van der Waals surface area contributed by atoms with Crippen LogP contribution in [0.1, 0.15) is 26.2 Å². The van der Waals surface area contributed by atoms with Crippen molar-refractivity contribution >= 4 is 5.78 Å². The molecule has 1 aliphatic heterocycles. The van der Waals surface area contributed by atoms with Crippen LogP contribution < -0.4 is 0 Å². The second-order valence-corrected chi connectivity index (χ2v) is 5.59. The highest BCUT2D eigenvalue weighted by Crippen LogP contribution is 2.38. The molecule has 2 atom stereocenters. The number of hydrogen-bond acceptors (Lipinski definition) is 6. The molecule has 2 rings (SSSR count). The van der Waals surface area contributed by atoms with Crippen LogP contribution in [0.5, 0.6) is 0 Å². The third kappa shape index (κ3) is 2.09. The van der Waals surface area contributed by atoms with Gasteiger partial charge in [0.2, 0.25) is 5.78 Å². The van der Waals surface area contributed by atoms with Crippen LogP contribution in [0.3, 0.4) is 0 Å². The number of hydrogen-bond donors (Lipinski definition) is 0. The van der Waals surface area contributed by atoms with Crippen molar-refractivity contribution in [1.82, 2.24) is 4.90 Å². The Kier molecular flexibility index (Phi) is 3.59. The fraction of sp³-hybridized carbons (Fsp3) is 0.750. The fourth-order valence-electron chi connectivity index (χ4n) is 3.03. The second-order valence-electron chi connectivity index (χ2n) is 5.59. The van der Waals surface area contributed by atoms with E-state index in [2.05, 4.69) is 0 Å². The second kappa shape index (κ2) is 4.93. The third-order valence-corrected chi connectivity index (χ3v) is 4.13. The molecule has 0 aromatic rings. The topological polar surface area (TPSA) is 107 Å². The van der Waals surface area contributed by atoms with E-state index in [0.717, 1.165) is 18.9 Å². The minimum atomic E-state index is -1.87. The van der Waals surface area contributed by atoms with Gasteiger partial charge in [0.25, 0.3) is 5.54 Å². The van der Waals surface area contributed by atoms with E-state index in [0.29, 0.717) is 6.54 Å². The highest BCUT2D eigenvalue weighted by molar-refractivity contribution is 5.98. The summed E-state index contributed by atoms with van der Waals surface area (Å²) < 4.78 is 0. The van der Waals surface area contributed by atoms with Crippen LogP contribution in [0, 0.1) is 20.2 Å². The lowest BCUT2D eigenvalue weighted by molar-refractivity contribution is -0.607. The number of fused-ring (bicyclic) bond motifs is 2. The van der Waals surface area contributed by atoms with Crippen molar-refractivity contribution in [3.8, 4) is 0 Å². The van der Waals surface area contributed by atoms with E-state index < -0.39 is 26.7 Å². The van der Waals surface area contributed by atoms with Crippen LogP contribution in [-0.2, 0) is 4.79 Å². The maximum Gasteiger partial charge on any atom is 0.302 e. The van der Waals surface area contributed by atoms with Crippen LogP contribution in [0.2, 0.25) is 0 Å². The van der Waals surface area contributed by atoms with Gasteiger partial charge in [-0.15, -0.1) is 0 Å². The van der Waals surface area contributed by atoms with Crippen LogP contribution in [0.25, 0.3) is 0 Å². The Balaban J connectivity index is 2.41. The first kappa shape index (κ1) is 14.6. The smallest absolute Gasteiger partial charge is 0.289 e. The minimum Gasteiger partial charge on any atom is -0.289 e. The molecule has 0 amide bonds. The van der Waals surface area contributed by atoms with Gasteiger partial charge in [-0.1, -0.05) is 13.3 Å². The van der Waals surface area contributed by atoms with Gasteiger partial charge in [-0.3, -0.25) is 29.9 Å². The summed E-state index contributed by atoms with van der Waals surface area (Å²) in [6.45, 7) is 2.59. The molecule has 2 bridgehead atoms. The number of ketones is 1. The van der Waals surface area contributed by atoms with Gasteiger partial charge in [0, 0.05) is 9.85 Å². The van der Waals surface area contributed by atoms with E-state index in [4.69, 9.17) is 0 Å². The number of piperidine rings is 1. The van der Waals surface area contributed by atoms with Crippen molar-refractivity contribution in [1.29, 1.82) is 0 Å². The Hall–Kier alpha value is -1.83. The summed E-state index contributed by atoms with van der Waals surface area (Å²) in [7, 11) is 0. The molecule has 2 unspecified atom stereocenters. The number of likely N-dealkylation sites (tertiary alicyclic amines) is 1. The Bertz CT molecular complexity index is 491. The molecule has 0 radical (unpaired) electrons. The van der Waals surface area contributed by atoms with E-state index >= 15 is 0 Å².